The average Bonchev–Trinajstić information content (AvgIpc) is 2.92. The van der Waals surface area contributed by atoms with Crippen LogP contribution in [0.4, 0.5) is 10.1 Å². The first kappa shape index (κ1) is 17.6. The van der Waals surface area contributed by atoms with Gasteiger partial charge in [0, 0.05) is 28.6 Å². The highest BCUT2D eigenvalue weighted by Crippen LogP contribution is 2.16. The standard InChI is InChI=1S/C17H16FN3O2S2/c1-10-3-4-12(5-14(10)18)19-15(22)9-24-8-13-6-16(23)21-11(2)7-25-17(21)20-13/h3-7H,8-9H2,1-2H3,(H,19,22). The Balaban J connectivity index is 1.58. The number of carbonyl (C=O) groups excluding carboxylic acids is 1. The SMILES string of the molecule is Cc1ccc(NC(=O)CSCc2cc(=O)n3c(C)csc3n2)cc1F. The van der Waals surface area contributed by atoms with Crippen molar-refractivity contribution in [3.63, 3.8) is 0 Å². The van der Waals surface area contributed by atoms with Crippen molar-refractivity contribution in [1.82, 2.24) is 9.38 Å². The van der Waals surface area contributed by atoms with Gasteiger partial charge >= 0.3 is 0 Å². The van der Waals surface area contributed by atoms with E-state index in [0.717, 1.165) is 5.69 Å². The third-order valence-electron chi connectivity index (χ3n) is 3.57. The van der Waals surface area contributed by atoms with E-state index in [1.165, 1.54) is 35.2 Å². The molecule has 0 saturated heterocycles. The van der Waals surface area contributed by atoms with E-state index in [1.54, 1.807) is 23.5 Å². The molecule has 5 nitrogen and oxygen atoms in total. The summed E-state index contributed by atoms with van der Waals surface area (Å²) in [7, 11) is 0. The lowest BCUT2D eigenvalue weighted by atomic mass is 10.2. The van der Waals surface area contributed by atoms with Crippen LogP contribution < -0.4 is 10.9 Å². The molecule has 8 heteroatoms. The van der Waals surface area contributed by atoms with Gasteiger partial charge in [0.25, 0.3) is 5.56 Å². The Morgan fingerprint density at radius 1 is 1.36 bits per heavy atom. The number of aromatic nitrogens is 2. The van der Waals surface area contributed by atoms with Crippen molar-refractivity contribution in [3.8, 4) is 0 Å². The lowest BCUT2D eigenvalue weighted by Crippen LogP contribution is -2.16. The Bertz CT molecular complexity index is 997. The fourth-order valence-corrected chi connectivity index (χ4v) is 3.90. The van der Waals surface area contributed by atoms with Gasteiger partial charge < -0.3 is 5.32 Å². The molecule has 3 rings (SSSR count). The molecule has 0 aliphatic rings. The second kappa shape index (κ2) is 7.37. The van der Waals surface area contributed by atoms with E-state index in [2.05, 4.69) is 10.3 Å². The zero-order valence-corrected chi connectivity index (χ0v) is 15.3. The number of benzene rings is 1. The lowest BCUT2D eigenvalue weighted by molar-refractivity contribution is -0.113. The summed E-state index contributed by atoms with van der Waals surface area (Å²) < 4.78 is 15.0. The van der Waals surface area contributed by atoms with Gasteiger partial charge in [-0.05, 0) is 31.5 Å². The van der Waals surface area contributed by atoms with Crippen molar-refractivity contribution < 1.29 is 9.18 Å². The van der Waals surface area contributed by atoms with E-state index in [0.29, 0.717) is 27.7 Å². The van der Waals surface area contributed by atoms with Crippen molar-refractivity contribution in [3.05, 3.63) is 62.8 Å². The molecule has 2 aromatic heterocycles. The van der Waals surface area contributed by atoms with Crippen molar-refractivity contribution in [2.24, 2.45) is 0 Å². The third kappa shape index (κ3) is 4.08. The molecule has 2 heterocycles. The highest BCUT2D eigenvalue weighted by atomic mass is 32.2. The highest BCUT2D eigenvalue weighted by molar-refractivity contribution is 7.99. The Kier molecular flexibility index (Phi) is 5.19. The van der Waals surface area contributed by atoms with Crippen LogP contribution in [0.5, 0.6) is 0 Å². The zero-order chi connectivity index (χ0) is 18.0. The quantitative estimate of drug-likeness (QED) is 0.740. The molecular weight excluding hydrogens is 361 g/mol. The largest absolute Gasteiger partial charge is 0.325 e. The van der Waals surface area contributed by atoms with Gasteiger partial charge in [-0.15, -0.1) is 23.1 Å². The summed E-state index contributed by atoms with van der Waals surface area (Å²) >= 11 is 2.77. The van der Waals surface area contributed by atoms with Crippen LogP contribution in [0.2, 0.25) is 0 Å². The number of anilines is 1. The van der Waals surface area contributed by atoms with E-state index in [1.807, 2.05) is 12.3 Å². The number of carbonyl (C=O) groups is 1. The maximum absolute atomic E-state index is 13.5. The van der Waals surface area contributed by atoms with Gasteiger partial charge in [0.1, 0.15) is 5.82 Å². The molecule has 0 radical (unpaired) electrons. The molecule has 0 fully saturated rings. The summed E-state index contributed by atoms with van der Waals surface area (Å²) in [4.78, 5) is 29.1. The molecule has 1 amide bonds. The fourth-order valence-electron chi connectivity index (χ4n) is 2.29. The van der Waals surface area contributed by atoms with Crippen LogP contribution in [-0.4, -0.2) is 21.0 Å². The van der Waals surface area contributed by atoms with Crippen molar-refractivity contribution in [2.75, 3.05) is 11.1 Å². The molecule has 0 bridgehead atoms. The maximum atomic E-state index is 13.5. The molecule has 0 aliphatic heterocycles. The smallest absolute Gasteiger partial charge is 0.258 e. The maximum Gasteiger partial charge on any atom is 0.258 e. The van der Waals surface area contributed by atoms with E-state index in [9.17, 15) is 14.0 Å². The highest BCUT2D eigenvalue weighted by Gasteiger charge is 2.09. The van der Waals surface area contributed by atoms with Crippen LogP contribution in [0.1, 0.15) is 17.0 Å². The summed E-state index contributed by atoms with van der Waals surface area (Å²) in [6.45, 7) is 3.53. The van der Waals surface area contributed by atoms with Crippen LogP contribution in [0.3, 0.4) is 0 Å². The van der Waals surface area contributed by atoms with Gasteiger partial charge in [0.2, 0.25) is 5.91 Å². The normalized spacial score (nSPS) is 11.0. The van der Waals surface area contributed by atoms with Gasteiger partial charge in [-0.1, -0.05) is 6.07 Å². The molecule has 0 atom stereocenters. The van der Waals surface area contributed by atoms with Crippen LogP contribution >= 0.6 is 23.1 Å². The number of amides is 1. The van der Waals surface area contributed by atoms with Crippen molar-refractivity contribution >= 4 is 39.7 Å². The summed E-state index contributed by atoms with van der Waals surface area (Å²) in [6.07, 6.45) is 0. The van der Waals surface area contributed by atoms with Crippen LogP contribution in [0.15, 0.2) is 34.4 Å². The van der Waals surface area contributed by atoms with Gasteiger partial charge in [0.15, 0.2) is 4.96 Å². The molecule has 0 unspecified atom stereocenters. The second-order valence-electron chi connectivity index (χ2n) is 5.59. The zero-order valence-electron chi connectivity index (χ0n) is 13.7. The molecule has 1 aromatic carbocycles. The minimum absolute atomic E-state index is 0.112. The first-order valence-corrected chi connectivity index (χ1v) is 9.58. The van der Waals surface area contributed by atoms with Gasteiger partial charge in [-0.2, -0.15) is 0 Å². The summed E-state index contributed by atoms with van der Waals surface area (Å²) in [6, 6.07) is 6.07. The number of hydrogen-bond donors (Lipinski definition) is 1. The Labute approximate surface area is 151 Å². The molecule has 1 N–H and O–H groups in total. The predicted molar refractivity (Wildman–Crippen MR) is 100 cm³/mol. The van der Waals surface area contributed by atoms with E-state index >= 15 is 0 Å². The monoisotopic (exact) mass is 377 g/mol. The molecule has 0 spiro atoms. The minimum Gasteiger partial charge on any atom is -0.325 e. The van der Waals surface area contributed by atoms with Crippen LogP contribution in [-0.2, 0) is 10.5 Å². The number of thiazole rings is 1. The number of nitrogens with one attached hydrogen (secondary N) is 1. The van der Waals surface area contributed by atoms with Crippen molar-refractivity contribution in [2.45, 2.75) is 19.6 Å². The van der Waals surface area contributed by atoms with E-state index in [4.69, 9.17) is 0 Å². The van der Waals surface area contributed by atoms with Gasteiger partial charge in [0.05, 0.1) is 11.4 Å². The van der Waals surface area contributed by atoms with E-state index < -0.39 is 0 Å². The van der Waals surface area contributed by atoms with Crippen LogP contribution in [0, 0.1) is 19.7 Å². The van der Waals surface area contributed by atoms with Gasteiger partial charge in [-0.3, -0.25) is 14.0 Å². The second-order valence-corrected chi connectivity index (χ2v) is 7.41. The van der Waals surface area contributed by atoms with Gasteiger partial charge in [-0.25, -0.2) is 9.37 Å². The number of fused-ring (bicyclic) bond motifs is 1. The molecule has 0 aliphatic carbocycles. The fraction of sp³-hybridized carbons (Fsp3) is 0.235. The topological polar surface area (TPSA) is 63.5 Å². The Hall–Kier alpha value is -2.19. The minimum atomic E-state index is -0.352. The number of aryl methyl sites for hydroxylation is 2. The van der Waals surface area contributed by atoms with E-state index in [-0.39, 0.29) is 23.0 Å². The summed E-state index contributed by atoms with van der Waals surface area (Å²) in [5, 5.41) is 4.54. The number of nitrogens with zero attached hydrogens (tertiary/aromatic N) is 2. The molecule has 130 valence electrons. The molecule has 3 aromatic rings. The third-order valence-corrected chi connectivity index (χ3v) is 5.48. The molecular formula is C17H16FN3O2S2. The number of rotatable bonds is 5. The molecule has 25 heavy (non-hydrogen) atoms. The number of halogens is 1. The number of thioether (sulfide) groups is 1. The summed E-state index contributed by atoms with van der Waals surface area (Å²) in [5.41, 5.74) is 2.36. The van der Waals surface area contributed by atoms with Crippen LogP contribution in [0.25, 0.3) is 4.96 Å². The average molecular weight is 377 g/mol. The molecule has 0 saturated carbocycles. The summed E-state index contributed by atoms with van der Waals surface area (Å²) in [5.74, 6) is 0.0750. The van der Waals surface area contributed by atoms with Crippen molar-refractivity contribution in [1.29, 1.82) is 0 Å². The Morgan fingerprint density at radius 2 is 2.16 bits per heavy atom. The first-order valence-electron chi connectivity index (χ1n) is 7.54. The first-order chi connectivity index (χ1) is 11.9. The Morgan fingerprint density at radius 3 is 2.92 bits per heavy atom. The predicted octanol–water partition coefficient (Wildman–Crippen LogP) is 3.38. The number of hydrogen-bond acceptors (Lipinski definition) is 5. The lowest BCUT2D eigenvalue weighted by Gasteiger charge is -2.06.